The minimum Gasteiger partial charge on any atom is -0.0751 e. The summed E-state index contributed by atoms with van der Waals surface area (Å²) >= 11 is 0. The van der Waals surface area contributed by atoms with Crippen LogP contribution in [0.4, 0.5) is 0 Å². The van der Waals surface area contributed by atoms with Crippen LogP contribution in [0, 0.1) is 0 Å². The summed E-state index contributed by atoms with van der Waals surface area (Å²) in [5.74, 6) is 0.481. The summed E-state index contributed by atoms with van der Waals surface area (Å²) in [5.41, 5.74) is 9.99. The van der Waals surface area contributed by atoms with Gasteiger partial charge in [0.15, 0.2) is 0 Å². The first-order valence-corrected chi connectivity index (χ1v) is 7.91. The van der Waals surface area contributed by atoms with Crippen LogP contribution in [-0.4, -0.2) is 0 Å². The molecule has 0 fully saturated rings. The van der Waals surface area contributed by atoms with Crippen LogP contribution in [-0.2, 0) is 0 Å². The van der Waals surface area contributed by atoms with E-state index in [0.717, 1.165) is 6.42 Å². The molecule has 0 nitrogen and oxygen atoms in total. The molecule has 104 valence electrons. The third-order valence-electron chi connectivity index (χ3n) is 5.01. The molecule has 2 aliphatic rings. The molecule has 0 aliphatic heterocycles. The van der Waals surface area contributed by atoms with Gasteiger partial charge in [0, 0.05) is 5.92 Å². The number of hydrogen-bond acceptors (Lipinski definition) is 0. The fourth-order valence-electron chi connectivity index (χ4n) is 4.05. The van der Waals surface area contributed by atoms with Gasteiger partial charge in [0.05, 0.1) is 0 Å². The Kier molecular flexibility index (Phi) is 2.42. The van der Waals surface area contributed by atoms with Gasteiger partial charge < -0.3 is 0 Å². The Morgan fingerprint density at radius 2 is 1.36 bits per heavy atom. The van der Waals surface area contributed by atoms with Crippen molar-refractivity contribution in [3.05, 3.63) is 101 Å². The van der Waals surface area contributed by atoms with Crippen molar-refractivity contribution in [2.75, 3.05) is 0 Å². The number of rotatable bonds is 1. The van der Waals surface area contributed by atoms with Gasteiger partial charge in [-0.15, -0.1) is 0 Å². The highest BCUT2D eigenvalue weighted by atomic mass is 14.3. The molecule has 0 amide bonds. The molecule has 0 bridgehead atoms. The minimum atomic E-state index is 0.481. The number of fused-ring (bicyclic) bond motifs is 3. The predicted molar refractivity (Wildman–Crippen MR) is 91.9 cm³/mol. The molecule has 0 spiro atoms. The lowest BCUT2D eigenvalue weighted by atomic mass is 9.79. The van der Waals surface area contributed by atoms with E-state index in [2.05, 4.69) is 78.9 Å². The average molecular weight is 280 g/mol. The van der Waals surface area contributed by atoms with Gasteiger partial charge in [-0.25, -0.2) is 0 Å². The molecular formula is C22H16. The molecule has 0 saturated heterocycles. The zero-order valence-electron chi connectivity index (χ0n) is 12.3. The van der Waals surface area contributed by atoms with E-state index in [-0.39, 0.29) is 0 Å². The van der Waals surface area contributed by atoms with Gasteiger partial charge in [-0.1, -0.05) is 78.9 Å². The second-order valence-electron chi connectivity index (χ2n) is 6.13. The Morgan fingerprint density at radius 1 is 0.636 bits per heavy atom. The molecule has 0 N–H and O–H groups in total. The van der Waals surface area contributed by atoms with Crippen LogP contribution in [0.2, 0.25) is 0 Å². The average Bonchev–Trinajstić information content (AvgIpc) is 2.93. The quantitative estimate of drug-likeness (QED) is 0.423. The van der Waals surface area contributed by atoms with Crippen LogP contribution in [0.15, 0.2) is 78.9 Å². The highest BCUT2D eigenvalue weighted by molar-refractivity contribution is 6.03. The van der Waals surface area contributed by atoms with Crippen molar-refractivity contribution in [1.82, 2.24) is 0 Å². The Labute approximate surface area is 130 Å². The van der Waals surface area contributed by atoms with Crippen molar-refractivity contribution in [1.29, 1.82) is 0 Å². The molecule has 0 heteroatoms. The third kappa shape index (κ3) is 1.52. The van der Waals surface area contributed by atoms with E-state index in [9.17, 15) is 0 Å². The Morgan fingerprint density at radius 3 is 2.23 bits per heavy atom. The van der Waals surface area contributed by atoms with Gasteiger partial charge >= 0.3 is 0 Å². The molecule has 0 saturated carbocycles. The molecule has 1 atom stereocenters. The molecule has 0 heterocycles. The van der Waals surface area contributed by atoms with E-state index in [1.54, 1.807) is 0 Å². The summed E-state index contributed by atoms with van der Waals surface area (Å²) in [6.45, 7) is 0. The molecule has 5 rings (SSSR count). The SMILES string of the molecule is C1=C2c3ccccc3-c3cccc(c32)C(c2ccccc2)C1. The maximum atomic E-state index is 2.44. The zero-order valence-corrected chi connectivity index (χ0v) is 12.3. The van der Waals surface area contributed by atoms with Crippen molar-refractivity contribution < 1.29 is 0 Å². The molecule has 3 aromatic rings. The topological polar surface area (TPSA) is 0 Å². The molecule has 22 heavy (non-hydrogen) atoms. The van der Waals surface area contributed by atoms with Gasteiger partial charge in [0.1, 0.15) is 0 Å². The van der Waals surface area contributed by atoms with Crippen LogP contribution >= 0.6 is 0 Å². The highest BCUT2D eigenvalue weighted by Crippen LogP contribution is 2.51. The van der Waals surface area contributed by atoms with Crippen molar-refractivity contribution in [2.45, 2.75) is 12.3 Å². The maximum Gasteiger partial charge on any atom is 0.0130 e. The van der Waals surface area contributed by atoms with E-state index < -0.39 is 0 Å². The minimum absolute atomic E-state index is 0.481. The summed E-state index contributed by atoms with van der Waals surface area (Å²) in [6.07, 6.45) is 3.53. The number of benzene rings is 3. The molecule has 0 radical (unpaired) electrons. The van der Waals surface area contributed by atoms with Crippen LogP contribution in [0.3, 0.4) is 0 Å². The fraction of sp³-hybridized carbons (Fsp3) is 0.0909. The largest absolute Gasteiger partial charge is 0.0751 e. The Balaban J connectivity index is 1.77. The van der Waals surface area contributed by atoms with Crippen LogP contribution in [0.5, 0.6) is 0 Å². The summed E-state index contributed by atoms with van der Waals surface area (Å²) in [7, 11) is 0. The normalized spacial score (nSPS) is 17.6. The first-order valence-electron chi connectivity index (χ1n) is 7.91. The summed E-state index contributed by atoms with van der Waals surface area (Å²) in [5, 5.41) is 0. The van der Waals surface area contributed by atoms with E-state index in [1.165, 1.54) is 39.0 Å². The van der Waals surface area contributed by atoms with Gasteiger partial charge in [-0.3, -0.25) is 0 Å². The third-order valence-corrected chi connectivity index (χ3v) is 5.01. The fourth-order valence-corrected chi connectivity index (χ4v) is 4.05. The summed E-state index contributed by atoms with van der Waals surface area (Å²) in [6, 6.07) is 26.5. The summed E-state index contributed by atoms with van der Waals surface area (Å²) < 4.78 is 0. The molecular weight excluding hydrogens is 264 g/mol. The summed E-state index contributed by atoms with van der Waals surface area (Å²) in [4.78, 5) is 0. The van der Waals surface area contributed by atoms with E-state index in [1.807, 2.05) is 0 Å². The van der Waals surface area contributed by atoms with Gasteiger partial charge in [0.25, 0.3) is 0 Å². The van der Waals surface area contributed by atoms with Crippen molar-refractivity contribution in [3.8, 4) is 11.1 Å². The molecule has 3 aromatic carbocycles. The van der Waals surface area contributed by atoms with Crippen molar-refractivity contribution in [3.63, 3.8) is 0 Å². The van der Waals surface area contributed by atoms with Crippen LogP contribution in [0.1, 0.15) is 34.6 Å². The molecule has 1 unspecified atom stereocenters. The second kappa shape index (κ2) is 4.45. The van der Waals surface area contributed by atoms with Crippen molar-refractivity contribution in [2.24, 2.45) is 0 Å². The van der Waals surface area contributed by atoms with Gasteiger partial charge in [0.2, 0.25) is 0 Å². The van der Waals surface area contributed by atoms with Gasteiger partial charge in [-0.05, 0) is 45.4 Å². The van der Waals surface area contributed by atoms with E-state index in [0.29, 0.717) is 5.92 Å². The van der Waals surface area contributed by atoms with E-state index in [4.69, 9.17) is 0 Å². The van der Waals surface area contributed by atoms with Crippen molar-refractivity contribution >= 4 is 5.57 Å². The lowest BCUT2D eigenvalue weighted by Gasteiger charge is -2.25. The number of allylic oxidation sites excluding steroid dienone is 1. The van der Waals surface area contributed by atoms with Crippen LogP contribution < -0.4 is 0 Å². The van der Waals surface area contributed by atoms with E-state index >= 15 is 0 Å². The molecule has 2 aliphatic carbocycles. The van der Waals surface area contributed by atoms with Crippen LogP contribution in [0.25, 0.3) is 16.7 Å². The smallest absolute Gasteiger partial charge is 0.0130 e. The zero-order chi connectivity index (χ0) is 14.5. The standard InChI is InChI=1S/C22H16/c1-2-7-15(8-3-1)16-13-14-21-18-10-5-4-9-17(18)20-12-6-11-19(16)22(20)21/h1-12,14,16H,13H2. The highest BCUT2D eigenvalue weighted by Gasteiger charge is 2.31. The Hall–Kier alpha value is -2.60. The lowest BCUT2D eigenvalue weighted by Crippen LogP contribution is -2.07. The Bertz CT molecular complexity index is 900. The first kappa shape index (κ1) is 12.0. The first-order chi connectivity index (χ1) is 10.9. The predicted octanol–water partition coefficient (Wildman–Crippen LogP) is 5.63. The maximum absolute atomic E-state index is 2.44. The second-order valence-corrected chi connectivity index (χ2v) is 6.13. The molecule has 0 aromatic heterocycles. The monoisotopic (exact) mass is 280 g/mol. The van der Waals surface area contributed by atoms with Gasteiger partial charge in [-0.2, -0.15) is 0 Å². The lowest BCUT2D eigenvalue weighted by molar-refractivity contribution is 0.817. The number of hydrogen-bond donors (Lipinski definition) is 0.